The highest BCUT2D eigenvalue weighted by molar-refractivity contribution is 5.85. The highest BCUT2D eigenvalue weighted by atomic mass is 15.2. The summed E-state index contributed by atoms with van der Waals surface area (Å²) in [6.07, 6.45) is 0. The minimum absolute atomic E-state index is 0.486. The van der Waals surface area contributed by atoms with Gasteiger partial charge in [0.2, 0.25) is 0 Å². The molecule has 0 aliphatic carbocycles. The fourth-order valence-electron chi connectivity index (χ4n) is 2.86. The van der Waals surface area contributed by atoms with Crippen molar-refractivity contribution < 1.29 is 0 Å². The number of likely N-dealkylation sites (N-methyl/N-ethyl adjacent to an activating group) is 1. The first kappa shape index (κ1) is 10.8. The summed E-state index contributed by atoms with van der Waals surface area (Å²) in [5, 5.41) is 4.86. The van der Waals surface area contributed by atoms with Gasteiger partial charge in [-0.1, -0.05) is 18.2 Å². The zero-order valence-electron chi connectivity index (χ0n) is 10.5. The number of nitrogens with one attached hydrogen (secondary N) is 2. The van der Waals surface area contributed by atoms with Crippen LogP contribution in [0, 0.1) is 6.92 Å². The van der Waals surface area contributed by atoms with Gasteiger partial charge in [0, 0.05) is 42.3 Å². The molecule has 1 fully saturated rings. The van der Waals surface area contributed by atoms with Gasteiger partial charge in [0.05, 0.1) is 0 Å². The molecule has 1 aliphatic rings. The minimum Gasteiger partial charge on any atom is -0.358 e. The van der Waals surface area contributed by atoms with Crippen molar-refractivity contribution in [3.8, 4) is 0 Å². The van der Waals surface area contributed by atoms with Crippen LogP contribution in [0.2, 0.25) is 0 Å². The number of aryl methyl sites for hydroxylation is 1. The van der Waals surface area contributed by atoms with Gasteiger partial charge in [-0.3, -0.25) is 4.90 Å². The van der Waals surface area contributed by atoms with Crippen LogP contribution < -0.4 is 5.32 Å². The number of hydrogen-bond acceptors (Lipinski definition) is 2. The Morgan fingerprint density at radius 3 is 2.94 bits per heavy atom. The Kier molecular flexibility index (Phi) is 2.65. The highest BCUT2D eigenvalue weighted by Crippen LogP contribution is 2.31. The summed E-state index contributed by atoms with van der Waals surface area (Å²) in [4.78, 5) is 5.93. The van der Waals surface area contributed by atoms with E-state index in [0.29, 0.717) is 6.04 Å². The number of fused-ring (bicyclic) bond motifs is 1. The van der Waals surface area contributed by atoms with E-state index in [1.54, 1.807) is 0 Å². The van der Waals surface area contributed by atoms with Gasteiger partial charge in [-0.05, 0) is 25.6 Å². The molecule has 3 heteroatoms. The molecule has 0 saturated carbocycles. The Balaban J connectivity index is 2.12. The van der Waals surface area contributed by atoms with Gasteiger partial charge in [-0.15, -0.1) is 0 Å². The number of para-hydroxylation sites is 1. The van der Waals surface area contributed by atoms with Crippen LogP contribution in [0.1, 0.15) is 17.3 Å². The molecule has 90 valence electrons. The number of nitrogens with zero attached hydrogens (tertiary/aromatic N) is 1. The van der Waals surface area contributed by atoms with E-state index in [1.807, 2.05) is 0 Å². The molecule has 2 N–H and O–H groups in total. The molecular weight excluding hydrogens is 210 g/mol. The number of hydrogen-bond donors (Lipinski definition) is 2. The first-order chi connectivity index (χ1) is 8.27. The summed E-state index contributed by atoms with van der Waals surface area (Å²) in [6, 6.07) is 9.07. The quantitative estimate of drug-likeness (QED) is 0.784. The molecule has 2 aromatic rings. The molecule has 1 aromatic heterocycles. The third kappa shape index (κ3) is 1.75. The smallest absolute Gasteiger partial charge is 0.0494 e. The first-order valence-corrected chi connectivity index (χ1v) is 6.25. The normalized spacial score (nSPS) is 22.1. The van der Waals surface area contributed by atoms with Crippen LogP contribution >= 0.6 is 0 Å². The molecule has 0 radical (unpaired) electrons. The van der Waals surface area contributed by atoms with Gasteiger partial charge >= 0.3 is 0 Å². The van der Waals surface area contributed by atoms with E-state index in [-0.39, 0.29) is 0 Å². The Labute approximate surface area is 102 Å². The van der Waals surface area contributed by atoms with E-state index in [4.69, 9.17) is 0 Å². The van der Waals surface area contributed by atoms with Crippen molar-refractivity contribution in [1.29, 1.82) is 0 Å². The van der Waals surface area contributed by atoms with E-state index in [9.17, 15) is 0 Å². The average Bonchev–Trinajstić information content (AvgIpc) is 2.66. The van der Waals surface area contributed by atoms with Crippen LogP contribution in [-0.2, 0) is 0 Å². The van der Waals surface area contributed by atoms with Gasteiger partial charge in [0.15, 0.2) is 0 Å². The molecule has 1 aromatic carbocycles. The number of aromatic nitrogens is 1. The van der Waals surface area contributed by atoms with Crippen molar-refractivity contribution in [3.05, 3.63) is 35.5 Å². The molecule has 2 heterocycles. The number of aromatic amines is 1. The predicted octanol–water partition coefficient (Wildman–Crippen LogP) is 2.05. The van der Waals surface area contributed by atoms with Crippen molar-refractivity contribution in [1.82, 2.24) is 15.2 Å². The van der Waals surface area contributed by atoms with Crippen molar-refractivity contribution >= 4 is 10.9 Å². The number of piperazine rings is 1. The SMILES string of the molecule is Cc1[nH]c2ccccc2c1C1CNCCN1C. The fraction of sp³-hybridized carbons (Fsp3) is 0.429. The van der Waals surface area contributed by atoms with Crippen LogP contribution in [0.25, 0.3) is 10.9 Å². The average molecular weight is 229 g/mol. The first-order valence-electron chi connectivity index (χ1n) is 6.25. The third-order valence-corrected chi connectivity index (χ3v) is 3.79. The van der Waals surface area contributed by atoms with Crippen LogP contribution in [0.4, 0.5) is 0 Å². The third-order valence-electron chi connectivity index (χ3n) is 3.79. The van der Waals surface area contributed by atoms with Gasteiger partial charge in [-0.2, -0.15) is 0 Å². The molecule has 1 aliphatic heterocycles. The monoisotopic (exact) mass is 229 g/mol. The molecule has 3 rings (SSSR count). The second-order valence-corrected chi connectivity index (χ2v) is 4.91. The maximum atomic E-state index is 3.49. The Morgan fingerprint density at radius 2 is 2.12 bits per heavy atom. The Morgan fingerprint density at radius 1 is 1.29 bits per heavy atom. The lowest BCUT2D eigenvalue weighted by atomic mass is 10.0. The minimum atomic E-state index is 0.486. The predicted molar refractivity (Wildman–Crippen MR) is 71.3 cm³/mol. The lowest BCUT2D eigenvalue weighted by molar-refractivity contribution is 0.203. The van der Waals surface area contributed by atoms with Gasteiger partial charge in [0.25, 0.3) is 0 Å². The van der Waals surface area contributed by atoms with E-state index in [1.165, 1.54) is 22.2 Å². The maximum Gasteiger partial charge on any atom is 0.0494 e. The zero-order valence-corrected chi connectivity index (χ0v) is 10.5. The molecule has 17 heavy (non-hydrogen) atoms. The summed E-state index contributed by atoms with van der Waals surface area (Å²) in [6.45, 7) is 5.43. The van der Waals surface area contributed by atoms with Gasteiger partial charge < -0.3 is 10.3 Å². The number of rotatable bonds is 1. The van der Waals surface area contributed by atoms with Gasteiger partial charge in [-0.25, -0.2) is 0 Å². The zero-order chi connectivity index (χ0) is 11.8. The van der Waals surface area contributed by atoms with Crippen molar-refractivity contribution in [2.45, 2.75) is 13.0 Å². The summed E-state index contributed by atoms with van der Waals surface area (Å²) in [5.41, 5.74) is 4.00. The molecule has 0 bridgehead atoms. The standard InChI is InChI=1S/C14H19N3/c1-10-14(13-9-15-7-8-17(13)2)11-5-3-4-6-12(11)16-10/h3-6,13,15-16H,7-9H2,1-2H3. The van der Waals surface area contributed by atoms with E-state index in [0.717, 1.165) is 19.6 Å². The van der Waals surface area contributed by atoms with Crippen molar-refractivity contribution in [3.63, 3.8) is 0 Å². The topological polar surface area (TPSA) is 31.1 Å². The van der Waals surface area contributed by atoms with E-state index < -0.39 is 0 Å². The summed E-state index contributed by atoms with van der Waals surface area (Å²) >= 11 is 0. The molecule has 1 atom stereocenters. The maximum absolute atomic E-state index is 3.49. The van der Waals surface area contributed by atoms with Crippen molar-refractivity contribution in [2.24, 2.45) is 0 Å². The van der Waals surface area contributed by atoms with Gasteiger partial charge in [0.1, 0.15) is 0 Å². The Hall–Kier alpha value is -1.32. The van der Waals surface area contributed by atoms with Crippen LogP contribution in [0.15, 0.2) is 24.3 Å². The fourth-order valence-corrected chi connectivity index (χ4v) is 2.86. The van der Waals surface area contributed by atoms with Crippen LogP contribution in [-0.4, -0.2) is 36.6 Å². The molecule has 1 unspecified atom stereocenters. The van der Waals surface area contributed by atoms with Crippen LogP contribution in [0.3, 0.4) is 0 Å². The summed E-state index contributed by atoms with van der Waals surface area (Å²) < 4.78 is 0. The molecule has 0 amide bonds. The molecule has 0 spiro atoms. The largest absolute Gasteiger partial charge is 0.358 e. The summed E-state index contributed by atoms with van der Waals surface area (Å²) in [7, 11) is 2.22. The Bertz CT molecular complexity index is 529. The lowest BCUT2D eigenvalue weighted by Gasteiger charge is -2.33. The highest BCUT2D eigenvalue weighted by Gasteiger charge is 2.24. The number of H-pyrrole nitrogens is 1. The van der Waals surface area contributed by atoms with Crippen LogP contribution in [0.5, 0.6) is 0 Å². The lowest BCUT2D eigenvalue weighted by Crippen LogP contribution is -2.43. The van der Waals surface area contributed by atoms with E-state index in [2.05, 4.69) is 53.4 Å². The van der Waals surface area contributed by atoms with Crippen molar-refractivity contribution in [2.75, 3.05) is 26.7 Å². The second-order valence-electron chi connectivity index (χ2n) is 4.91. The number of benzene rings is 1. The molecule has 3 nitrogen and oxygen atoms in total. The summed E-state index contributed by atoms with van der Waals surface area (Å²) in [5.74, 6) is 0. The molecular formula is C14H19N3. The van der Waals surface area contributed by atoms with E-state index >= 15 is 0 Å². The molecule has 1 saturated heterocycles. The second kappa shape index (κ2) is 4.17.